The summed E-state index contributed by atoms with van der Waals surface area (Å²) in [5.74, 6) is -0.339. The number of esters is 1. The normalized spacial score (nSPS) is 10.7. The second kappa shape index (κ2) is 5.88. The fourth-order valence-corrected chi connectivity index (χ4v) is 1.59. The van der Waals surface area contributed by atoms with Gasteiger partial charge >= 0.3 is 5.97 Å². The number of carbonyl (C=O) groups excluding carboxylic acids is 1. The van der Waals surface area contributed by atoms with Gasteiger partial charge < -0.3 is 14.9 Å². The molecule has 0 radical (unpaired) electrons. The molecule has 102 valence electrons. The number of hydrogen-bond acceptors (Lipinski definition) is 5. The number of methoxy groups -OCH3 is 1. The van der Waals surface area contributed by atoms with E-state index < -0.39 is 5.97 Å². The Hall–Kier alpha value is -2.82. The van der Waals surface area contributed by atoms with Crippen LogP contribution in [-0.2, 0) is 4.74 Å². The zero-order valence-electron chi connectivity index (χ0n) is 10.8. The maximum absolute atomic E-state index is 11.3. The van der Waals surface area contributed by atoms with E-state index in [0.717, 1.165) is 0 Å². The van der Waals surface area contributed by atoms with Crippen molar-refractivity contribution in [3.8, 4) is 11.5 Å². The molecule has 0 amide bonds. The van der Waals surface area contributed by atoms with Crippen LogP contribution in [0.5, 0.6) is 11.5 Å². The standard InChI is InChI=1S/C15H13NO4/c1-20-15(19)10-2-4-12(5-3-10)16-9-11-8-13(17)6-7-14(11)18/h2-9,17-18H,1H3. The summed E-state index contributed by atoms with van der Waals surface area (Å²) >= 11 is 0. The molecule has 0 heterocycles. The highest BCUT2D eigenvalue weighted by molar-refractivity contribution is 5.90. The Morgan fingerprint density at radius 1 is 1.15 bits per heavy atom. The van der Waals surface area contributed by atoms with Gasteiger partial charge in [0.1, 0.15) is 11.5 Å². The number of rotatable bonds is 3. The van der Waals surface area contributed by atoms with Crippen molar-refractivity contribution >= 4 is 17.9 Å². The van der Waals surface area contributed by atoms with Crippen LogP contribution >= 0.6 is 0 Å². The van der Waals surface area contributed by atoms with Crippen molar-refractivity contribution in [2.45, 2.75) is 0 Å². The van der Waals surface area contributed by atoms with Crippen LogP contribution in [-0.4, -0.2) is 29.5 Å². The fourth-order valence-electron chi connectivity index (χ4n) is 1.59. The number of phenols is 2. The molecule has 0 fully saturated rings. The van der Waals surface area contributed by atoms with E-state index >= 15 is 0 Å². The summed E-state index contributed by atoms with van der Waals surface area (Å²) in [5.41, 5.74) is 1.45. The Balaban J connectivity index is 2.19. The van der Waals surface area contributed by atoms with Crippen LogP contribution in [0.1, 0.15) is 15.9 Å². The van der Waals surface area contributed by atoms with Crippen molar-refractivity contribution in [2.75, 3.05) is 7.11 Å². The first kappa shape index (κ1) is 13.6. The molecule has 0 spiro atoms. The van der Waals surface area contributed by atoms with Gasteiger partial charge in [-0.1, -0.05) is 0 Å². The minimum Gasteiger partial charge on any atom is -0.508 e. The van der Waals surface area contributed by atoms with Crippen molar-refractivity contribution in [2.24, 2.45) is 4.99 Å². The molecule has 0 atom stereocenters. The molecule has 5 heteroatoms. The first-order chi connectivity index (χ1) is 9.60. The van der Waals surface area contributed by atoms with Gasteiger partial charge in [0.25, 0.3) is 0 Å². The maximum Gasteiger partial charge on any atom is 0.337 e. The lowest BCUT2D eigenvalue weighted by Gasteiger charge is -2.00. The topological polar surface area (TPSA) is 79.1 Å². The molecule has 20 heavy (non-hydrogen) atoms. The van der Waals surface area contributed by atoms with Crippen LogP contribution < -0.4 is 0 Å². The number of aliphatic imine (C=N–C) groups is 1. The highest BCUT2D eigenvalue weighted by Gasteiger charge is 2.04. The Morgan fingerprint density at radius 3 is 2.50 bits per heavy atom. The van der Waals surface area contributed by atoms with Gasteiger partial charge in [0.05, 0.1) is 18.4 Å². The van der Waals surface area contributed by atoms with Gasteiger partial charge in [0, 0.05) is 11.8 Å². The van der Waals surface area contributed by atoms with Gasteiger partial charge in [0.15, 0.2) is 0 Å². The minimum atomic E-state index is -0.411. The molecular weight excluding hydrogens is 258 g/mol. The van der Waals surface area contributed by atoms with E-state index in [4.69, 9.17) is 0 Å². The molecule has 0 saturated heterocycles. The molecule has 0 aliphatic carbocycles. The van der Waals surface area contributed by atoms with Gasteiger partial charge in [0.2, 0.25) is 0 Å². The number of ether oxygens (including phenoxy) is 1. The Kier molecular flexibility index (Phi) is 4.00. The Bertz CT molecular complexity index is 647. The smallest absolute Gasteiger partial charge is 0.337 e. The number of phenolic OH excluding ortho intramolecular Hbond substituents is 2. The SMILES string of the molecule is COC(=O)c1ccc(N=Cc2cc(O)ccc2O)cc1. The van der Waals surface area contributed by atoms with Crippen molar-refractivity contribution in [1.29, 1.82) is 0 Å². The lowest BCUT2D eigenvalue weighted by molar-refractivity contribution is 0.0601. The molecular formula is C15H13NO4. The van der Waals surface area contributed by atoms with Crippen molar-refractivity contribution in [3.63, 3.8) is 0 Å². The van der Waals surface area contributed by atoms with Gasteiger partial charge in [-0.25, -0.2) is 4.79 Å². The third-order valence-electron chi connectivity index (χ3n) is 2.65. The molecule has 0 aromatic heterocycles. The molecule has 0 unspecified atom stereocenters. The molecule has 0 saturated carbocycles. The van der Waals surface area contributed by atoms with E-state index in [0.29, 0.717) is 16.8 Å². The zero-order valence-corrected chi connectivity index (χ0v) is 10.8. The first-order valence-corrected chi connectivity index (χ1v) is 5.84. The van der Waals surface area contributed by atoms with E-state index in [1.165, 1.54) is 31.5 Å². The number of hydrogen-bond donors (Lipinski definition) is 2. The van der Waals surface area contributed by atoms with Crippen molar-refractivity contribution < 1.29 is 19.7 Å². The van der Waals surface area contributed by atoms with Crippen LogP contribution in [0, 0.1) is 0 Å². The van der Waals surface area contributed by atoms with Crippen LogP contribution in [0.3, 0.4) is 0 Å². The van der Waals surface area contributed by atoms with E-state index in [2.05, 4.69) is 9.73 Å². The summed E-state index contributed by atoms with van der Waals surface area (Å²) in [6, 6.07) is 10.7. The highest BCUT2D eigenvalue weighted by atomic mass is 16.5. The summed E-state index contributed by atoms with van der Waals surface area (Å²) in [4.78, 5) is 15.4. The van der Waals surface area contributed by atoms with E-state index in [-0.39, 0.29) is 11.5 Å². The third kappa shape index (κ3) is 3.14. The second-order valence-electron chi connectivity index (χ2n) is 4.04. The lowest BCUT2D eigenvalue weighted by atomic mass is 10.2. The summed E-state index contributed by atoms with van der Waals surface area (Å²) in [6.07, 6.45) is 1.43. The third-order valence-corrected chi connectivity index (χ3v) is 2.65. The Morgan fingerprint density at radius 2 is 1.85 bits per heavy atom. The van der Waals surface area contributed by atoms with E-state index in [1.807, 2.05) is 0 Å². The maximum atomic E-state index is 11.3. The second-order valence-corrected chi connectivity index (χ2v) is 4.04. The quantitative estimate of drug-likeness (QED) is 0.511. The summed E-state index contributed by atoms with van der Waals surface area (Å²) < 4.78 is 4.60. The summed E-state index contributed by atoms with van der Waals surface area (Å²) in [6.45, 7) is 0. The number of benzene rings is 2. The average Bonchev–Trinajstić information content (AvgIpc) is 2.48. The van der Waals surface area contributed by atoms with Gasteiger partial charge in [-0.2, -0.15) is 0 Å². The van der Waals surface area contributed by atoms with Gasteiger partial charge in [-0.15, -0.1) is 0 Å². The summed E-state index contributed by atoms with van der Waals surface area (Å²) in [5, 5.41) is 18.9. The average molecular weight is 271 g/mol. The number of aromatic hydroxyl groups is 2. The van der Waals surface area contributed by atoms with Crippen LogP contribution in [0.4, 0.5) is 5.69 Å². The number of carbonyl (C=O) groups is 1. The predicted octanol–water partition coefficient (Wildman–Crippen LogP) is 2.64. The van der Waals surface area contributed by atoms with E-state index in [1.54, 1.807) is 24.3 Å². The molecule has 2 aromatic carbocycles. The molecule has 0 aliphatic rings. The van der Waals surface area contributed by atoms with Gasteiger partial charge in [-0.3, -0.25) is 4.99 Å². The van der Waals surface area contributed by atoms with Crippen LogP contribution in [0.25, 0.3) is 0 Å². The molecule has 2 rings (SSSR count). The predicted molar refractivity (Wildman–Crippen MR) is 74.8 cm³/mol. The lowest BCUT2D eigenvalue weighted by Crippen LogP contribution is -1.99. The van der Waals surface area contributed by atoms with Gasteiger partial charge in [-0.05, 0) is 42.5 Å². The largest absolute Gasteiger partial charge is 0.508 e. The van der Waals surface area contributed by atoms with Crippen molar-refractivity contribution in [1.82, 2.24) is 0 Å². The molecule has 0 aliphatic heterocycles. The molecule has 2 N–H and O–H groups in total. The Labute approximate surface area is 115 Å². The molecule has 2 aromatic rings. The fraction of sp³-hybridized carbons (Fsp3) is 0.0667. The zero-order chi connectivity index (χ0) is 14.5. The number of nitrogens with zero attached hydrogens (tertiary/aromatic N) is 1. The highest BCUT2D eigenvalue weighted by Crippen LogP contribution is 2.21. The van der Waals surface area contributed by atoms with E-state index in [9.17, 15) is 15.0 Å². The monoisotopic (exact) mass is 271 g/mol. The van der Waals surface area contributed by atoms with Crippen LogP contribution in [0.15, 0.2) is 47.5 Å². The molecule has 0 bridgehead atoms. The minimum absolute atomic E-state index is 0.0257. The first-order valence-electron chi connectivity index (χ1n) is 5.84. The van der Waals surface area contributed by atoms with Crippen LogP contribution in [0.2, 0.25) is 0 Å². The van der Waals surface area contributed by atoms with Crippen molar-refractivity contribution in [3.05, 3.63) is 53.6 Å². The molecule has 5 nitrogen and oxygen atoms in total. The summed E-state index contributed by atoms with van der Waals surface area (Å²) in [7, 11) is 1.32.